The van der Waals surface area contributed by atoms with Crippen LogP contribution in [-0.2, 0) is 4.74 Å². The van der Waals surface area contributed by atoms with Crippen molar-refractivity contribution in [1.29, 1.82) is 0 Å². The van der Waals surface area contributed by atoms with E-state index in [1.807, 2.05) is 6.92 Å². The highest BCUT2D eigenvalue weighted by molar-refractivity contribution is 5.21. The minimum atomic E-state index is -0.796. The maximum atomic E-state index is 13.6. The molecular weight excluding hydrogens is 236 g/mol. The van der Waals surface area contributed by atoms with Crippen molar-refractivity contribution >= 4 is 0 Å². The van der Waals surface area contributed by atoms with Gasteiger partial charge in [-0.05, 0) is 32.3 Å². The zero-order valence-electron chi connectivity index (χ0n) is 10.6. The average molecular weight is 255 g/mol. The maximum Gasteiger partial charge on any atom is 0.163 e. The number of halogens is 2. The molecule has 1 saturated heterocycles. The van der Waals surface area contributed by atoms with Crippen molar-refractivity contribution < 1.29 is 13.5 Å². The van der Waals surface area contributed by atoms with Gasteiger partial charge in [0.1, 0.15) is 0 Å². The lowest BCUT2D eigenvalue weighted by Gasteiger charge is -2.25. The summed E-state index contributed by atoms with van der Waals surface area (Å²) in [5.74, 6) is -1.56. The summed E-state index contributed by atoms with van der Waals surface area (Å²) < 4.78 is 32.3. The number of rotatable bonds is 4. The number of hydrogen-bond donors (Lipinski definition) is 1. The van der Waals surface area contributed by atoms with Gasteiger partial charge in [0.25, 0.3) is 0 Å². The van der Waals surface area contributed by atoms with Gasteiger partial charge >= 0.3 is 0 Å². The Bertz CT molecular complexity index is 391. The Morgan fingerprint density at radius 2 is 2.22 bits per heavy atom. The van der Waals surface area contributed by atoms with Crippen molar-refractivity contribution in [3.05, 3.63) is 35.4 Å². The molecular formula is C14H19F2NO. The molecule has 0 aromatic heterocycles. The summed E-state index contributed by atoms with van der Waals surface area (Å²) in [4.78, 5) is 0. The maximum absolute atomic E-state index is 13.6. The first-order valence-corrected chi connectivity index (χ1v) is 6.47. The summed E-state index contributed by atoms with van der Waals surface area (Å²) in [5, 5.41) is 3.20. The molecule has 0 bridgehead atoms. The summed E-state index contributed by atoms with van der Waals surface area (Å²) in [6.07, 6.45) is 3.52. The van der Waals surface area contributed by atoms with E-state index >= 15 is 0 Å². The lowest BCUT2D eigenvalue weighted by molar-refractivity contribution is 0.0155. The summed E-state index contributed by atoms with van der Waals surface area (Å²) in [6.45, 7) is 3.31. The Labute approximate surface area is 106 Å². The molecule has 2 rings (SSSR count). The minimum Gasteiger partial charge on any atom is -0.377 e. The fraction of sp³-hybridized carbons (Fsp3) is 0.571. The molecule has 1 aliphatic heterocycles. The molecule has 2 unspecified atom stereocenters. The third kappa shape index (κ3) is 3.27. The summed E-state index contributed by atoms with van der Waals surface area (Å²) in [7, 11) is 0. The molecule has 0 amide bonds. The van der Waals surface area contributed by atoms with E-state index in [2.05, 4.69) is 5.32 Å². The first-order valence-electron chi connectivity index (χ1n) is 6.47. The van der Waals surface area contributed by atoms with Crippen LogP contribution in [0.4, 0.5) is 8.78 Å². The van der Waals surface area contributed by atoms with Crippen LogP contribution in [0.5, 0.6) is 0 Å². The number of ether oxygens (including phenoxy) is 1. The molecule has 2 atom stereocenters. The Hall–Kier alpha value is -1.00. The first-order chi connectivity index (χ1) is 8.68. The molecule has 0 radical (unpaired) electrons. The van der Waals surface area contributed by atoms with Gasteiger partial charge in [0.05, 0.1) is 6.10 Å². The van der Waals surface area contributed by atoms with E-state index in [1.54, 1.807) is 6.07 Å². The second-order valence-electron chi connectivity index (χ2n) is 4.76. The van der Waals surface area contributed by atoms with Gasteiger partial charge in [-0.15, -0.1) is 0 Å². The van der Waals surface area contributed by atoms with Crippen LogP contribution in [0.3, 0.4) is 0 Å². The van der Waals surface area contributed by atoms with E-state index in [9.17, 15) is 8.78 Å². The van der Waals surface area contributed by atoms with E-state index in [0.29, 0.717) is 12.1 Å². The summed E-state index contributed by atoms with van der Waals surface area (Å²) in [5.41, 5.74) is 0.366. The SMILES string of the molecule is CC(NCC1CCCCO1)c1cccc(F)c1F. The van der Waals surface area contributed by atoms with Crippen LogP contribution in [0, 0.1) is 11.6 Å². The van der Waals surface area contributed by atoms with E-state index in [0.717, 1.165) is 25.5 Å². The van der Waals surface area contributed by atoms with Crippen LogP contribution >= 0.6 is 0 Å². The highest BCUT2D eigenvalue weighted by atomic mass is 19.2. The number of hydrogen-bond acceptors (Lipinski definition) is 2. The van der Waals surface area contributed by atoms with Crippen molar-refractivity contribution in [2.75, 3.05) is 13.2 Å². The Morgan fingerprint density at radius 1 is 1.39 bits per heavy atom. The summed E-state index contributed by atoms with van der Waals surface area (Å²) >= 11 is 0. The molecule has 18 heavy (non-hydrogen) atoms. The monoisotopic (exact) mass is 255 g/mol. The lowest BCUT2D eigenvalue weighted by atomic mass is 10.1. The second-order valence-corrected chi connectivity index (χ2v) is 4.76. The second kappa shape index (κ2) is 6.25. The molecule has 1 aromatic rings. The predicted molar refractivity (Wildman–Crippen MR) is 66.4 cm³/mol. The van der Waals surface area contributed by atoms with Crippen LogP contribution in [0.1, 0.15) is 37.8 Å². The topological polar surface area (TPSA) is 21.3 Å². The van der Waals surface area contributed by atoms with Crippen LogP contribution < -0.4 is 5.32 Å². The van der Waals surface area contributed by atoms with Gasteiger partial charge in [0, 0.05) is 24.8 Å². The molecule has 1 aromatic carbocycles. The zero-order valence-corrected chi connectivity index (χ0v) is 10.6. The molecule has 1 N–H and O–H groups in total. The fourth-order valence-corrected chi connectivity index (χ4v) is 2.24. The van der Waals surface area contributed by atoms with E-state index in [1.165, 1.54) is 12.5 Å². The van der Waals surface area contributed by atoms with Crippen molar-refractivity contribution in [2.45, 2.75) is 38.3 Å². The Balaban J connectivity index is 1.90. The summed E-state index contributed by atoms with van der Waals surface area (Å²) in [6, 6.07) is 4.06. The van der Waals surface area contributed by atoms with Crippen LogP contribution in [0.25, 0.3) is 0 Å². The highest BCUT2D eigenvalue weighted by Gasteiger charge is 2.17. The molecule has 1 fully saturated rings. The largest absolute Gasteiger partial charge is 0.377 e. The third-order valence-electron chi connectivity index (χ3n) is 3.37. The molecule has 0 saturated carbocycles. The third-order valence-corrected chi connectivity index (χ3v) is 3.37. The van der Waals surface area contributed by atoms with Gasteiger partial charge in [0.15, 0.2) is 11.6 Å². The van der Waals surface area contributed by atoms with Gasteiger partial charge in [-0.25, -0.2) is 8.78 Å². The smallest absolute Gasteiger partial charge is 0.163 e. The van der Waals surface area contributed by atoms with Gasteiger partial charge in [-0.3, -0.25) is 0 Å². The fourth-order valence-electron chi connectivity index (χ4n) is 2.24. The molecule has 2 nitrogen and oxygen atoms in total. The van der Waals surface area contributed by atoms with Crippen LogP contribution in [0.2, 0.25) is 0 Å². The molecule has 1 aliphatic rings. The van der Waals surface area contributed by atoms with Crippen molar-refractivity contribution in [3.8, 4) is 0 Å². The van der Waals surface area contributed by atoms with Gasteiger partial charge in [-0.2, -0.15) is 0 Å². The molecule has 0 aliphatic carbocycles. The quantitative estimate of drug-likeness (QED) is 0.892. The van der Waals surface area contributed by atoms with E-state index in [4.69, 9.17) is 4.74 Å². The molecule has 100 valence electrons. The highest BCUT2D eigenvalue weighted by Crippen LogP contribution is 2.19. The molecule has 1 heterocycles. The van der Waals surface area contributed by atoms with Crippen LogP contribution in [0.15, 0.2) is 18.2 Å². The Kier molecular flexibility index (Phi) is 4.66. The zero-order chi connectivity index (χ0) is 13.0. The normalized spacial score (nSPS) is 21.8. The predicted octanol–water partition coefficient (Wildman–Crippen LogP) is 3.18. The first kappa shape index (κ1) is 13.4. The standard InChI is InChI=1S/C14H19F2NO/c1-10(12-6-4-7-13(15)14(12)16)17-9-11-5-2-3-8-18-11/h4,6-7,10-11,17H,2-3,5,8-9H2,1H3. The van der Waals surface area contributed by atoms with Crippen molar-refractivity contribution in [1.82, 2.24) is 5.32 Å². The van der Waals surface area contributed by atoms with Crippen molar-refractivity contribution in [2.24, 2.45) is 0 Å². The van der Waals surface area contributed by atoms with E-state index in [-0.39, 0.29) is 12.1 Å². The molecule has 0 spiro atoms. The minimum absolute atomic E-state index is 0.192. The van der Waals surface area contributed by atoms with Crippen molar-refractivity contribution in [3.63, 3.8) is 0 Å². The number of nitrogens with one attached hydrogen (secondary N) is 1. The van der Waals surface area contributed by atoms with Gasteiger partial charge in [-0.1, -0.05) is 12.1 Å². The Morgan fingerprint density at radius 3 is 2.94 bits per heavy atom. The average Bonchev–Trinajstić information content (AvgIpc) is 2.40. The van der Waals surface area contributed by atoms with Crippen LogP contribution in [-0.4, -0.2) is 19.3 Å². The van der Waals surface area contributed by atoms with Gasteiger partial charge < -0.3 is 10.1 Å². The van der Waals surface area contributed by atoms with Gasteiger partial charge in [0.2, 0.25) is 0 Å². The lowest BCUT2D eigenvalue weighted by Crippen LogP contribution is -2.33. The molecule has 4 heteroatoms. The number of benzene rings is 1. The van der Waals surface area contributed by atoms with E-state index < -0.39 is 11.6 Å².